The number of anilines is 1. The standard InChI is InChI=1S/C16H20N4O2/c17-11-13-10-14(5-6-16(13)20(21)22)19-9-3-4-15(12-19)18-7-1-2-8-18/h5-6,10,15H,1-4,7-9,12H2/t15-/m1/s1. The van der Waals surface area contributed by atoms with Crippen molar-refractivity contribution < 1.29 is 4.92 Å². The Hall–Kier alpha value is -2.13. The van der Waals surface area contributed by atoms with Crippen molar-refractivity contribution in [1.82, 2.24) is 4.90 Å². The number of benzene rings is 1. The van der Waals surface area contributed by atoms with Crippen LogP contribution in [-0.2, 0) is 0 Å². The van der Waals surface area contributed by atoms with Crippen LogP contribution in [-0.4, -0.2) is 42.0 Å². The lowest BCUT2D eigenvalue weighted by atomic mass is 10.0. The first kappa shape index (κ1) is 14.8. The molecule has 6 nitrogen and oxygen atoms in total. The summed E-state index contributed by atoms with van der Waals surface area (Å²) in [6, 6.07) is 7.39. The number of rotatable bonds is 3. The van der Waals surface area contributed by atoms with Gasteiger partial charge < -0.3 is 4.90 Å². The second-order valence-corrected chi connectivity index (χ2v) is 6.06. The van der Waals surface area contributed by atoms with Crippen molar-refractivity contribution in [3.63, 3.8) is 0 Å². The second kappa shape index (κ2) is 6.32. The van der Waals surface area contributed by atoms with Crippen LogP contribution >= 0.6 is 0 Å². The Bertz CT molecular complexity index is 605. The van der Waals surface area contributed by atoms with Crippen LogP contribution in [0.2, 0.25) is 0 Å². The first-order valence-corrected chi connectivity index (χ1v) is 7.86. The highest BCUT2D eigenvalue weighted by molar-refractivity contribution is 5.60. The molecule has 2 aliphatic rings. The van der Waals surface area contributed by atoms with Crippen LogP contribution in [0.3, 0.4) is 0 Å². The molecule has 2 aliphatic heterocycles. The molecule has 6 heteroatoms. The van der Waals surface area contributed by atoms with Gasteiger partial charge in [0.15, 0.2) is 0 Å². The Morgan fingerprint density at radius 2 is 2.00 bits per heavy atom. The van der Waals surface area contributed by atoms with Crippen molar-refractivity contribution in [3.05, 3.63) is 33.9 Å². The Morgan fingerprint density at radius 1 is 1.23 bits per heavy atom. The highest BCUT2D eigenvalue weighted by atomic mass is 16.6. The van der Waals surface area contributed by atoms with E-state index in [9.17, 15) is 10.1 Å². The molecule has 116 valence electrons. The maximum Gasteiger partial charge on any atom is 0.287 e. The number of nitriles is 1. The van der Waals surface area contributed by atoms with Crippen molar-refractivity contribution >= 4 is 11.4 Å². The summed E-state index contributed by atoms with van der Waals surface area (Å²) in [6.45, 7) is 4.26. The van der Waals surface area contributed by atoms with Gasteiger partial charge in [0.2, 0.25) is 0 Å². The highest BCUT2D eigenvalue weighted by Crippen LogP contribution is 2.28. The zero-order valence-electron chi connectivity index (χ0n) is 12.6. The normalized spacial score (nSPS) is 22.5. The van der Waals surface area contributed by atoms with E-state index in [1.165, 1.54) is 38.4 Å². The lowest BCUT2D eigenvalue weighted by Crippen LogP contribution is -2.47. The van der Waals surface area contributed by atoms with E-state index >= 15 is 0 Å². The molecule has 0 bridgehead atoms. The summed E-state index contributed by atoms with van der Waals surface area (Å²) >= 11 is 0. The van der Waals surface area contributed by atoms with Crippen molar-refractivity contribution in [2.45, 2.75) is 31.7 Å². The maximum absolute atomic E-state index is 10.9. The van der Waals surface area contributed by atoms with Crippen molar-refractivity contribution in [3.8, 4) is 6.07 Å². The third-order valence-electron chi connectivity index (χ3n) is 4.72. The molecule has 22 heavy (non-hydrogen) atoms. The number of piperidine rings is 1. The average molecular weight is 300 g/mol. The topological polar surface area (TPSA) is 73.4 Å². The van der Waals surface area contributed by atoms with Gasteiger partial charge in [-0.2, -0.15) is 5.26 Å². The number of likely N-dealkylation sites (tertiary alicyclic amines) is 1. The van der Waals surface area contributed by atoms with Crippen LogP contribution in [0, 0.1) is 21.4 Å². The molecule has 0 amide bonds. The molecule has 1 atom stereocenters. The van der Waals surface area contributed by atoms with Gasteiger partial charge in [0.05, 0.1) is 4.92 Å². The summed E-state index contributed by atoms with van der Waals surface area (Å²) in [6.07, 6.45) is 4.91. The Kier molecular flexibility index (Phi) is 4.25. The van der Waals surface area contributed by atoms with E-state index in [0.717, 1.165) is 25.2 Å². The molecule has 0 aliphatic carbocycles. The van der Waals surface area contributed by atoms with E-state index in [4.69, 9.17) is 5.26 Å². The number of hydrogen-bond acceptors (Lipinski definition) is 5. The molecule has 0 radical (unpaired) electrons. The Balaban J connectivity index is 1.78. The fourth-order valence-corrected chi connectivity index (χ4v) is 3.56. The Labute approximate surface area is 130 Å². The minimum absolute atomic E-state index is 0.112. The molecule has 1 aromatic rings. The second-order valence-electron chi connectivity index (χ2n) is 6.06. The van der Waals surface area contributed by atoms with Crippen LogP contribution in [0.15, 0.2) is 18.2 Å². The SMILES string of the molecule is N#Cc1cc(N2CCC[C@@H](N3CCCC3)C2)ccc1[N+](=O)[O-]. The van der Waals surface area contributed by atoms with Crippen LogP contribution < -0.4 is 4.90 Å². The molecular formula is C16H20N4O2. The third kappa shape index (κ3) is 2.90. The van der Waals surface area contributed by atoms with E-state index in [0.29, 0.717) is 6.04 Å². The smallest absolute Gasteiger partial charge is 0.287 e. The molecule has 2 fully saturated rings. The van der Waals surface area contributed by atoms with Crippen LogP contribution in [0.1, 0.15) is 31.2 Å². The zero-order valence-corrected chi connectivity index (χ0v) is 12.6. The average Bonchev–Trinajstić information content (AvgIpc) is 3.08. The van der Waals surface area contributed by atoms with Gasteiger partial charge in [-0.25, -0.2) is 0 Å². The van der Waals surface area contributed by atoms with E-state index < -0.39 is 4.92 Å². The summed E-state index contributed by atoms with van der Waals surface area (Å²) in [7, 11) is 0. The van der Waals surface area contributed by atoms with E-state index in [-0.39, 0.29) is 11.3 Å². The molecule has 0 spiro atoms. The van der Waals surface area contributed by atoms with E-state index in [1.54, 1.807) is 12.1 Å². The largest absolute Gasteiger partial charge is 0.370 e. The van der Waals surface area contributed by atoms with Gasteiger partial charge >= 0.3 is 0 Å². The predicted molar refractivity (Wildman–Crippen MR) is 83.9 cm³/mol. The summed E-state index contributed by atoms with van der Waals surface area (Å²) in [4.78, 5) is 15.3. The monoisotopic (exact) mass is 300 g/mol. The van der Waals surface area contributed by atoms with Gasteiger partial charge in [-0.05, 0) is 50.9 Å². The first-order valence-electron chi connectivity index (χ1n) is 7.86. The Morgan fingerprint density at radius 3 is 2.68 bits per heavy atom. The van der Waals surface area contributed by atoms with E-state index in [1.807, 2.05) is 6.07 Å². The predicted octanol–water partition coefficient (Wildman–Crippen LogP) is 2.53. The van der Waals surface area contributed by atoms with Gasteiger partial charge in [0, 0.05) is 30.9 Å². The summed E-state index contributed by atoms with van der Waals surface area (Å²) in [5, 5.41) is 20.1. The molecule has 2 saturated heterocycles. The molecule has 0 unspecified atom stereocenters. The van der Waals surface area contributed by atoms with Gasteiger partial charge in [-0.1, -0.05) is 0 Å². The fraction of sp³-hybridized carbons (Fsp3) is 0.562. The van der Waals surface area contributed by atoms with Crippen molar-refractivity contribution in [2.24, 2.45) is 0 Å². The fourth-order valence-electron chi connectivity index (χ4n) is 3.56. The molecule has 2 heterocycles. The molecule has 3 rings (SSSR count). The minimum Gasteiger partial charge on any atom is -0.370 e. The number of nitrogens with zero attached hydrogens (tertiary/aromatic N) is 4. The van der Waals surface area contributed by atoms with Gasteiger partial charge in [-0.15, -0.1) is 0 Å². The van der Waals surface area contributed by atoms with Crippen LogP contribution in [0.25, 0.3) is 0 Å². The molecule has 1 aromatic carbocycles. The number of nitro benzene ring substituents is 1. The first-order chi connectivity index (χ1) is 10.7. The number of nitro groups is 1. The van der Waals surface area contributed by atoms with Gasteiger partial charge in [0.1, 0.15) is 11.6 Å². The summed E-state index contributed by atoms with van der Waals surface area (Å²) in [5.74, 6) is 0. The molecular weight excluding hydrogens is 280 g/mol. The van der Waals surface area contributed by atoms with Crippen LogP contribution in [0.4, 0.5) is 11.4 Å². The third-order valence-corrected chi connectivity index (χ3v) is 4.72. The minimum atomic E-state index is -0.494. The molecule has 0 N–H and O–H groups in total. The van der Waals surface area contributed by atoms with Crippen molar-refractivity contribution in [1.29, 1.82) is 5.26 Å². The van der Waals surface area contributed by atoms with Gasteiger partial charge in [0.25, 0.3) is 5.69 Å². The zero-order chi connectivity index (χ0) is 15.5. The highest BCUT2D eigenvalue weighted by Gasteiger charge is 2.27. The summed E-state index contributed by atoms with van der Waals surface area (Å²) in [5.41, 5.74) is 0.955. The lowest BCUT2D eigenvalue weighted by Gasteiger charge is -2.38. The maximum atomic E-state index is 10.9. The number of hydrogen-bond donors (Lipinski definition) is 0. The lowest BCUT2D eigenvalue weighted by molar-refractivity contribution is -0.385. The summed E-state index contributed by atoms with van der Waals surface area (Å²) < 4.78 is 0. The quantitative estimate of drug-likeness (QED) is 0.633. The molecule has 0 saturated carbocycles. The van der Waals surface area contributed by atoms with E-state index in [2.05, 4.69) is 9.80 Å². The van der Waals surface area contributed by atoms with Gasteiger partial charge in [-0.3, -0.25) is 15.0 Å². The van der Waals surface area contributed by atoms with Crippen molar-refractivity contribution in [2.75, 3.05) is 31.1 Å². The molecule has 0 aromatic heterocycles. The van der Waals surface area contributed by atoms with Crippen LogP contribution in [0.5, 0.6) is 0 Å².